The third kappa shape index (κ3) is 6.27. The maximum absolute atomic E-state index is 7.11. The number of hydrogen-bond acceptors (Lipinski definition) is 2. The predicted octanol–water partition coefficient (Wildman–Crippen LogP) is 9.75. The van der Waals surface area contributed by atoms with E-state index in [1.165, 1.54) is 93.7 Å². The summed E-state index contributed by atoms with van der Waals surface area (Å²) in [7, 11) is 0. The van der Waals surface area contributed by atoms with Crippen LogP contribution in [0.3, 0.4) is 0 Å². The first kappa shape index (κ1) is 27.4. The summed E-state index contributed by atoms with van der Waals surface area (Å²) in [5.41, 5.74) is 9.70. The molecule has 1 aromatic rings. The van der Waals surface area contributed by atoms with Crippen LogP contribution < -0.4 is 0 Å². The van der Waals surface area contributed by atoms with Crippen molar-refractivity contribution in [3.8, 4) is 0 Å². The van der Waals surface area contributed by atoms with Gasteiger partial charge < -0.3 is 5.41 Å². The van der Waals surface area contributed by atoms with Gasteiger partial charge in [-0.15, -0.1) is 0 Å². The SMILES string of the molecule is CC1CC(c2cccc(CCCCCC3=NCCC3)c2)C=CC1C1=C2[C@@H](C3=CC[C@H](CC/C=C\C=N)C=C3)C[C@@H]12. The Balaban J connectivity index is 0.993. The largest absolute Gasteiger partial charge is 0.309 e. The van der Waals surface area contributed by atoms with Crippen LogP contribution in [0.4, 0.5) is 0 Å². The number of nitrogens with zero attached hydrogens (tertiary/aromatic N) is 1. The number of fused-ring (bicyclic) bond motifs is 1. The van der Waals surface area contributed by atoms with Crippen LogP contribution in [0.15, 0.2) is 88.5 Å². The van der Waals surface area contributed by atoms with Crippen molar-refractivity contribution < 1.29 is 0 Å². The van der Waals surface area contributed by atoms with Crippen molar-refractivity contribution >= 4 is 11.9 Å². The minimum Gasteiger partial charge on any atom is -0.309 e. The van der Waals surface area contributed by atoms with Crippen LogP contribution in [0.25, 0.3) is 0 Å². The van der Waals surface area contributed by atoms with E-state index in [0.717, 1.165) is 24.8 Å². The van der Waals surface area contributed by atoms with Crippen molar-refractivity contribution in [3.63, 3.8) is 0 Å². The Bertz CT molecular complexity index is 1250. The minimum atomic E-state index is 0.569. The van der Waals surface area contributed by atoms with Crippen LogP contribution >= 0.6 is 0 Å². The van der Waals surface area contributed by atoms with E-state index in [1.807, 2.05) is 6.08 Å². The summed E-state index contributed by atoms with van der Waals surface area (Å²) in [6.07, 6.45) is 32.9. The highest BCUT2D eigenvalue weighted by Gasteiger charge is 2.54. The molecule has 40 heavy (non-hydrogen) atoms. The van der Waals surface area contributed by atoms with Gasteiger partial charge in [-0.2, -0.15) is 0 Å². The van der Waals surface area contributed by atoms with Gasteiger partial charge in [0.2, 0.25) is 0 Å². The van der Waals surface area contributed by atoms with Gasteiger partial charge in [-0.1, -0.05) is 85.2 Å². The van der Waals surface area contributed by atoms with E-state index >= 15 is 0 Å². The highest BCUT2D eigenvalue weighted by molar-refractivity contribution is 5.85. The molecule has 0 saturated heterocycles. The Labute approximate surface area is 242 Å². The van der Waals surface area contributed by atoms with E-state index < -0.39 is 0 Å². The lowest BCUT2D eigenvalue weighted by Gasteiger charge is -2.30. The molecule has 1 aromatic carbocycles. The molecule has 1 N–H and O–H groups in total. The van der Waals surface area contributed by atoms with Gasteiger partial charge >= 0.3 is 0 Å². The number of nitrogens with one attached hydrogen (secondary N) is 1. The van der Waals surface area contributed by atoms with Gasteiger partial charge in [0.25, 0.3) is 0 Å². The molecule has 2 nitrogen and oxygen atoms in total. The number of benzene rings is 1. The van der Waals surface area contributed by atoms with E-state index in [1.54, 1.807) is 16.7 Å². The van der Waals surface area contributed by atoms with Crippen molar-refractivity contribution in [2.45, 2.75) is 89.9 Å². The quantitative estimate of drug-likeness (QED) is 0.149. The molecule has 1 aliphatic heterocycles. The van der Waals surface area contributed by atoms with Crippen molar-refractivity contribution in [1.82, 2.24) is 0 Å². The zero-order valence-corrected chi connectivity index (χ0v) is 24.5. The Morgan fingerprint density at radius 1 is 1.00 bits per heavy atom. The first-order valence-electron chi connectivity index (χ1n) is 16.3. The summed E-state index contributed by atoms with van der Waals surface area (Å²) in [6, 6.07) is 9.49. The van der Waals surface area contributed by atoms with E-state index in [4.69, 9.17) is 5.41 Å². The Hall–Kier alpha value is -2.74. The molecule has 0 amide bonds. The number of allylic oxidation sites excluding steroid dienone is 10. The molecule has 5 aliphatic rings. The van der Waals surface area contributed by atoms with Crippen LogP contribution in [-0.4, -0.2) is 18.5 Å². The van der Waals surface area contributed by atoms with Crippen LogP contribution in [0.1, 0.15) is 94.6 Å². The first-order valence-corrected chi connectivity index (χ1v) is 16.3. The zero-order chi connectivity index (χ0) is 27.3. The molecule has 6 atom stereocenters. The fourth-order valence-corrected chi connectivity index (χ4v) is 7.92. The monoisotopic (exact) mass is 532 g/mol. The number of aryl methyl sites for hydroxylation is 1. The Morgan fingerprint density at radius 2 is 1.93 bits per heavy atom. The highest BCUT2D eigenvalue weighted by Crippen LogP contribution is 2.66. The summed E-state index contributed by atoms with van der Waals surface area (Å²) < 4.78 is 0. The molecule has 3 unspecified atom stereocenters. The number of hydrogen-bond donors (Lipinski definition) is 1. The van der Waals surface area contributed by atoms with E-state index in [0.29, 0.717) is 23.7 Å². The van der Waals surface area contributed by atoms with Crippen LogP contribution in [0.2, 0.25) is 0 Å². The Kier molecular flexibility index (Phi) is 8.80. The molecule has 0 bridgehead atoms. The molecule has 6 rings (SSSR count). The number of aliphatic imine (C=N–C) groups is 1. The van der Waals surface area contributed by atoms with Crippen molar-refractivity contribution in [2.24, 2.45) is 34.6 Å². The average molecular weight is 533 g/mol. The molecule has 0 spiro atoms. The normalized spacial score (nSPS) is 30.7. The molecule has 2 heteroatoms. The standard InChI is InChI=1S/C38H48N2/c1-27-24-32(31-13-8-12-29(25-31)11-4-2-6-14-33-15-9-23-40-33)20-21-34(27)37-36-26-35(38(36)37)30-18-16-28(17-19-30)10-5-3-7-22-39/h3,7-8,12-13,16,18-22,25,27-28,32,34-36,39H,2,4-6,9-11,14-15,17,23-24,26H2,1H3/b7-3-,39-22?/t27?,28-,32?,34?,35-,36+/m1/s1. The molecule has 210 valence electrons. The van der Waals surface area contributed by atoms with Crippen LogP contribution in [0, 0.1) is 35.0 Å². The van der Waals surface area contributed by atoms with E-state index in [2.05, 4.69) is 72.6 Å². The lowest BCUT2D eigenvalue weighted by Crippen LogP contribution is -2.19. The molecule has 0 aromatic heterocycles. The van der Waals surface area contributed by atoms with Crippen molar-refractivity contribution in [2.75, 3.05) is 6.54 Å². The van der Waals surface area contributed by atoms with Gasteiger partial charge in [-0.25, -0.2) is 0 Å². The van der Waals surface area contributed by atoms with Gasteiger partial charge in [-0.3, -0.25) is 4.99 Å². The summed E-state index contributed by atoms with van der Waals surface area (Å²) in [6.45, 7) is 3.57. The Morgan fingerprint density at radius 3 is 2.73 bits per heavy atom. The van der Waals surface area contributed by atoms with Crippen LogP contribution in [0.5, 0.6) is 0 Å². The second kappa shape index (κ2) is 12.8. The highest BCUT2D eigenvalue weighted by atomic mass is 14.8. The molecular formula is C38H48N2. The maximum Gasteiger partial charge on any atom is 0.0392 e. The number of rotatable bonds is 13. The average Bonchev–Trinajstić information content (AvgIpc) is 3.26. The third-order valence-corrected chi connectivity index (χ3v) is 10.3. The summed E-state index contributed by atoms with van der Waals surface area (Å²) >= 11 is 0. The van der Waals surface area contributed by atoms with E-state index in [9.17, 15) is 0 Å². The first-order chi connectivity index (χ1) is 19.7. The summed E-state index contributed by atoms with van der Waals surface area (Å²) in [5, 5.41) is 7.11. The molecule has 1 heterocycles. The minimum absolute atomic E-state index is 0.569. The number of unbranched alkanes of at least 4 members (excludes halogenated alkanes) is 2. The van der Waals surface area contributed by atoms with Crippen molar-refractivity contribution in [3.05, 3.63) is 94.6 Å². The smallest absolute Gasteiger partial charge is 0.0392 e. The summed E-state index contributed by atoms with van der Waals surface area (Å²) in [4.78, 5) is 4.63. The van der Waals surface area contributed by atoms with Gasteiger partial charge in [-0.05, 0) is 105 Å². The van der Waals surface area contributed by atoms with Crippen molar-refractivity contribution in [1.29, 1.82) is 5.41 Å². The molecule has 1 saturated carbocycles. The molecule has 4 aliphatic carbocycles. The maximum atomic E-state index is 7.11. The second-order valence-corrected chi connectivity index (χ2v) is 13.1. The van der Waals surface area contributed by atoms with Crippen LogP contribution in [-0.2, 0) is 6.42 Å². The van der Waals surface area contributed by atoms with Gasteiger partial charge in [0.05, 0.1) is 0 Å². The van der Waals surface area contributed by atoms with Gasteiger partial charge in [0, 0.05) is 42.1 Å². The molecule has 0 radical (unpaired) electrons. The van der Waals surface area contributed by atoms with Gasteiger partial charge in [0.1, 0.15) is 0 Å². The van der Waals surface area contributed by atoms with E-state index in [-0.39, 0.29) is 0 Å². The fraction of sp³-hybridized carbons (Fsp3) is 0.526. The van der Waals surface area contributed by atoms with Gasteiger partial charge in [0.15, 0.2) is 0 Å². The molecular weight excluding hydrogens is 484 g/mol. The predicted molar refractivity (Wildman–Crippen MR) is 170 cm³/mol. The second-order valence-electron chi connectivity index (χ2n) is 13.1. The topological polar surface area (TPSA) is 36.2 Å². The third-order valence-electron chi connectivity index (χ3n) is 10.3. The zero-order valence-electron chi connectivity index (χ0n) is 24.5. The summed E-state index contributed by atoms with van der Waals surface area (Å²) in [5.74, 6) is 4.14. The lowest BCUT2D eigenvalue weighted by molar-refractivity contribution is 0.397. The fourth-order valence-electron chi connectivity index (χ4n) is 7.92. The molecule has 1 fully saturated rings. The lowest BCUT2D eigenvalue weighted by atomic mass is 9.74.